The zero-order valence-corrected chi connectivity index (χ0v) is 18.5. The number of pyridine rings is 1. The fourth-order valence-corrected chi connectivity index (χ4v) is 4.74. The summed E-state index contributed by atoms with van der Waals surface area (Å²) >= 11 is 5.77. The van der Waals surface area contributed by atoms with Crippen LogP contribution < -0.4 is 10.9 Å². The molecule has 4 rings (SSSR count). The number of aromatic amines is 1. The van der Waals surface area contributed by atoms with Crippen molar-refractivity contribution in [3.63, 3.8) is 0 Å². The molecule has 0 bridgehead atoms. The molecule has 1 aromatic carbocycles. The molecule has 5 nitrogen and oxygen atoms in total. The maximum atomic E-state index is 12.9. The van der Waals surface area contributed by atoms with Crippen molar-refractivity contribution in [1.29, 1.82) is 0 Å². The maximum absolute atomic E-state index is 12.9. The van der Waals surface area contributed by atoms with Crippen molar-refractivity contribution in [3.05, 3.63) is 69.4 Å². The molecule has 2 heterocycles. The lowest BCUT2D eigenvalue weighted by molar-refractivity contribution is 0.234. The molecule has 1 aliphatic carbocycles. The van der Waals surface area contributed by atoms with E-state index in [1.165, 1.54) is 24.8 Å². The van der Waals surface area contributed by atoms with Crippen LogP contribution in [0, 0.1) is 13.8 Å². The van der Waals surface area contributed by atoms with E-state index >= 15 is 0 Å². The van der Waals surface area contributed by atoms with Gasteiger partial charge in [0.25, 0.3) is 5.56 Å². The van der Waals surface area contributed by atoms with E-state index in [2.05, 4.69) is 28.2 Å². The number of aromatic nitrogens is 1. The van der Waals surface area contributed by atoms with Crippen LogP contribution in [0.5, 0.6) is 0 Å². The van der Waals surface area contributed by atoms with Gasteiger partial charge in [-0.1, -0.05) is 25.3 Å². The summed E-state index contributed by atoms with van der Waals surface area (Å²) in [6, 6.07) is 10.4. The SMILES string of the molecule is Cc1cc(C)c2cc(CN(C(=S)NCc3ccco3)C3CCCCC3)c(=O)[nH]c2c1. The van der Waals surface area contributed by atoms with Crippen LogP contribution >= 0.6 is 12.2 Å². The third kappa shape index (κ3) is 4.59. The number of furan rings is 1. The molecular formula is C24H29N3O2S. The summed E-state index contributed by atoms with van der Waals surface area (Å²) in [6.07, 6.45) is 7.55. The molecule has 2 N–H and O–H groups in total. The van der Waals surface area contributed by atoms with Gasteiger partial charge in [0, 0.05) is 22.5 Å². The minimum Gasteiger partial charge on any atom is -0.467 e. The summed E-state index contributed by atoms with van der Waals surface area (Å²) < 4.78 is 5.42. The molecule has 30 heavy (non-hydrogen) atoms. The van der Waals surface area contributed by atoms with Crippen LogP contribution in [-0.2, 0) is 13.1 Å². The number of H-pyrrole nitrogens is 1. The number of thiocarbonyl (C=S) groups is 1. The second-order valence-corrected chi connectivity index (χ2v) is 8.71. The van der Waals surface area contributed by atoms with E-state index < -0.39 is 0 Å². The first kappa shape index (κ1) is 20.7. The Hall–Kier alpha value is -2.60. The summed E-state index contributed by atoms with van der Waals surface area (Å²) in [5, 5.41) is 5.10. The predicted octanol–water partition coefficient (Wildman–Crippen LogP) is 4.95. The molecule has 1 aliphatic rings. The molecule has 1 saturated carbocycles. The van der Waals surface area contributed by atoms with Crippen LogP contribution in [0.4, 0.5) is 0 Å². The van der Waals surface area contributed by atoms with Gasteiger partial charge in [-0.05, 0) is 74.3 Å². The van der Waals surface area contributed by atoms with Crippen LogP contribution in [0.3, 0.4) is 0 Å². The molecular weight excluding hydrogens is 394 g/mol. The molecule has 1 fully saturated rings. The van der Waals surface area contributed by atoms with Crippen molar-refractivity contribution in [1.82, 2.24) is 15.2 Å². The minimum absolute atomic E-state index is 0.0397. The van der Waals surface area contributed by atoms with Gasteiger partial charge < -0.3 is 19.6 Å². The average molecular weight is 424 g/mol. The van der Waals surface area contributed by atoms with Crippen LogP contribution in [0.15, 0.2) is 45.8 Å². The van der Waals surface area contributed by atoms with Crippen LogP contribution in [0.1, 0.15) is 54.6 Å². The van der Waals surface area contributed by atoms with Crippen molar-refractivity contribution in [2.75, 3.05) is 0 Å². The Morgan fingerprint density at radius 2 is 2.03 bits per heavy atom. The van der Waals surface area contributed by atoms with E-state index in [4.69, 9.17) is 16.6 Å². The van der Waals surface area contributed by atoms with Gasteiger partial charge in [0.2, 0.25) is 0 Å². The summed E-state index contributed by atoms with van der Waals surface area (Å²) in [7, 11) is 0. The highest BCUT2D eigenvalue weighted by Gasteiger charge is 2.24. The van der Waals surface area contributed by atoms with Crippen LogP contribution in [-0.4, -0.2) is 21.0 Å². The van der Waals surface area contributed by atoms with E-state index in [1.54, 1.807) is 6.26 Å². The smallest absolute Gasteiger partial charge is 0.253 e. The van der Waals surface area contributed by atoms with E-state index in [0.29, 0.717) is 24.2 Å². The average Bonchev–Trinajstić information content (AvgIpc) is 3.25. The van der Waals surface area contributed by atoms with Crippen molar-refractivity contribution in [2.24, 2.45) is 0 Å². The number of rotatable bonds is 5. The Bertz CT molecular complexity index is 1080. The summed E-state index contributed by atoms with van der Waals surface area (Å²) in [4.78, 5) is 18.2. The van der Waals surface area contributed by atoms with Gasteiger partial charge in [0.1, 0.15) is 5.76 Å². The lowest BCUT2D eigenvalue weighted by Gasteiger charge is -2.36. The number of benzene rings is 1. The molecule has 2 aromatic heterocycles. The standard InChI is InChI=1S/C24H29N3O2S/c1-16-11-17(2)21-13-18(23(28)26-22(21)12-16)15-27(19-7-4-3-5-8-19)24(30)25-14-20-9-6-10-29-20/h6,9-13,19H,3-5,7-8,14-15H2,1-2H3,(H,25,30)(H,26,28). The highest BCUT2D eigenvalue weighted by Crippen LogP contribution is 2.25. The first-order valence-corrected chi connectivity index (χ1v) is 11.1. The Morgan fingerprint density at radius 1 is 1.23 bits per heavy atom. The fraction of sp³-hybridized carbons (Fsp3) is 0.417. The quantitative estimate of drug-likeness (QED) is 0.569. The molecule has 0 radical (unpaired) electrons. The maximum Gasteiger partial charge on any atom is 0.253 e. The van der Waals surface area contributed by atoms with E-state index in [1.807, 2.05) is 31.2 Å². The second kappa shape index (κ2) is 9.04. The molecule has 6 heteroatoms. The number of nitrogens with one attached hydrogen (secondary N) is 2. The third-order valence-electron chi connectivity index (χ3n) is 6.00. The highest BCUT2D eigenvalue weighted by atomic mass is 32.1. The van der Waals surface area contributed by atoms with Crippen LogP contribution in [0.25, 0.3) is 10.9 Å². The lowest BCUT2D eigenvalue weighted by Crippen LogP contribution is -2.46. The largest absolute Gasteiger partial charge is 0.467 e. The van der Waals surface area contributed by atoms with Crippen molar-refractivity contribution < 1.29 is 4.42 Å². The number of hydrogen-bond donors (Lipinski definition) is 2. The van der Waals surface area contributed by atoms with E-state index in [9.17, 15) is 4.79 Å². The molecule has 0 amide bonds. The number of nitrogens with zero attached hydrogens (tertiary/aromatic N) is 1. The van der Waals surface area contributed by atoms with Gasteiger partial charge >= 0.3 is 0 Å². The van der Waals surface area contributed by atoms with Gasteiger partial charge in [-0.25, -0.2) is 0 Å². The Morgan fingerprint density at radius 3 is 2.77 bits per heavy atom. The van der Waals surface area contributed by atoms with Crippen LogP contribution in [0.2, 0.25) is 0 Å². The van der Waals surface area contributed by atoms with Gasteiger partial charge in [0.15, 0.2) is 5.11 Å². The fourth-order valence-electron chi connectivity index (χ4n) is 4.45. The Labute approximate surface area is 182 Å². The van der Waals surface area contributed by atoms with Gasteiger partial charge in [0.05, 0.1) is 19.4 Å². The van der Waals surface area contributed by atoms with Crippen molar-refractivity contribution in [2.45, 2.75) is 65.1 Å². The zero-order chi connectivity index (χ0) is 21.1. The first-order chi connectivity index (χ1) is 14.5. The normalized spacial score (nSPS) is 14.7. The number of aryl methyl sites for hydroxylation is 2. The summed E-state index contributed by atoms with van der Waals surface area (Å²) in [6.45, 7) is 5.19. The molecule has 158 valence electrons. The number of fused-ring (bicyclic) bond motifs is 1. The monoisotopic (exact) mass is 423 g/mol. The minimum atomic E-state index is -0.0397. The molecule has 0 atom stereocenters. The topological polar surface area (TPSA) is 61.3 Å². The molecule has 0 saturated heterocycles. The van der Waals surface area contributed by atoms with Gasteiger partial charge in [-0.3, -0.25) is 4.79 Å². The summed E-state index contributed by atoms with van der Waals surface area (Å²) in [5.41, 5.74) is 3.93. The Balaban J connectivity index is 1.61. The van der Waals surface area contributed by atoms with E-state index in [-0.39, 0.29) is 5.56 Å². The first-order valence-electron chi connectivity index (χ1n) is 10.7. The number of hydrogen-bond acceptors (Lipinski definition) is 3. The highest BCUT2D eigenvalue weighted by molar-refractivity contribution is 7.80. The Kier molecular flexibility index (Phi) is 6.23. The van der Waals surface area contributed by atoms with Gasteiger partial charge in [-0.2, -0.15) is 0 Å². The zero-order valence-electron chi connectivity index (χ0n) is 17.7. The lowest BCUT2D eigenvalue weighted by atomic mass is 9.94. The third-order valence-corrected chi connectivity index (χ3v) is 6.38. The van der Waals surface area contributed by atoms with Crippen molar-refractivity contribution in [3.8, 4) is 0 Å². The molecule has 3 aromatic rings. The molecule has 0 spiro atoms. The second-order valence-electron chi connectivity index (χ2n) is 8.32. The predicted molar refractivity (Wildman–Crippen MR) is 125 cm³/mol. The van der Waals surface area contributed by atoms with Crippen molar-refractivity contribution >= 4 is 28.2 Å². The van der Waals surface area contributed by atoms with E-state index in [0.717, 1.165) is 40.6 Å². The van der Waals surface area contributed by atoms with Gasteiger partial charge in [-0.15, -0.1) is 0 Å². The molecule has 0 unspecified atom stereocenters. The molecule has 0 aliphatic heterocycles. The summed E-state index contributed by atoms with van der Waals surface area (Å²) in [5.74, 6) is 0.843.